The summed E-state index contributed by atoms with van der Waals surface area (Å²) in [6.45, 7) is 2.15. The van der Waals surface area contributed by atoms with Crippen LogP contribution in [0.4, 0.5) is 0 Å². The van der Waals surface area contributed by atoms with Crippen LogP contribution in [0.2, 0.25) is 0 Å². The summed E-state index contributed by atoms with van der Waals surface area (Å²) in [6.07, 6.45) is 1.48. The normalized spacial score (nSPS) is 16.3. The SMILES string of the molecule is Cl.O=C(O)[C@@H](Cc1cccc(COc2cccc(-c3ccccc3)c2)c1)[C@H]1CCNC1. The van der Waals surface area contributed by atoms with E-state index in [1.807, 2.05) is 54.6 Å². The zero-order valence-corrected chi connectivity index (χ0v) is 18.2. The van der Waals surface area contributed by atoms with Crippen LogP contribution in [-0.4, -0.2) is 24.2 Å². The highest BCUT2D eigenvalue weighted by Crippen LogP contribution is 2.26. The van der Waals surface area contributed by atoms with Gasteiger partial charge in [0.1, 0.15) is 12.4 Å². The molecule has 4 rings (SSSR count). The molecule has 31 heavy (non-hydrogen) atoms. The van der Waals surface area contributed by atoms with Crippen molar-refractivity contribution in [2.75, 3.05) is 13.1 Å². The fourth-order valence-corrected chi connectivity index (χ4v) is 4.14. The number of nitrogens with one attached hydrogen (secondary N) is 1. The Balaban J connectivity index is 0.00000272. The highest BCUT2D eigenvalue weighted by atomic mass is 35.5. The van der Waals surface area contributed by atoms with E-state index in [-0.39, 0.29) is 24.2 Å². The van der Waals surface area contributed by atoms with E-state index in [1.54, 1.807) is 0 Å². The molecular weight excluding hydrogens is 410 g/mol. The number of carboxylic acids is 1. The van der Waals surface area contributed by atoms with Crippen LogP contribution >= 0.6 is 12.4 Å². The molecule has 0 saturated carbocycles. The maximum absolute atomic E-state index is 11.8. The molecule has 4 nitrogen and oxygen atoms in total. The summed E-state index contributed by atoms with van der Waals surface area (Å²) < 4.78 is 6.04. The van der Waals surface area contributed by atoms with Crippen LogP contribution in [0.1, 0.15) is 17.5 Å². The van der Waals surface area contributed by atoms with E-state index < -0.39 is 5.97 Å². The summed E-state index contributed by atoms with van der Waals surface area (Å²) in [5, 5.41) is 13.0. The summed E-state index contributed by atoms with van der Waals surface area (Å²) in [5.74, 6) is -0.0351. The number of carbonyl (C=O) groups is 1. The predicted octanol–water partition coefficient (Wildman–Crippen LogP) is 5.21. The standard InChI is InChI=1S/C26H27NO3.ClH/c28-26(29)25(23-12-13-27-17-23)15-19-6-4-7-20(14-19)18-30-24-11-5-10-22(16-24)21-8-2-1-3-9-21;/h1-11,14,16,23,25,27H,12-13,15,17-18H2,(H,28,29);1H/t23-,25-;/m0./s1. The molecule has 0 aromatic heterocycles. The quantitative estimate of drug-likeness (QED) is 0.508. The molecule has 0 aliphatic carbocycles. The summed E-state index contributed by atoms with van der Waals surface area (Å²) >= 11 is 0. The lowest BCUT2D eigenvalue weighted by Gasteiger charge is -2.19. The summed E-state index contributed by atoms with van der Waals surface area (Å²) in [4.78, 5) is 11.8. The third-order valence-corrected chi connectivity index (χ3v) is 5.78. The summed E-state index contributed by atoms with van der Waals surface area (Å²) in [6, 6.07) is 26.4. The molecule has 1 heterocycles. The Hall–Kier alpha value is -2.82. The maximum atomic E-state index is 11.8. The Morgan fingerprint density at radius 1 is 0.968 bits per heavy atom. The van der Waals surface area contributed by atoms with E-state index in [0.29, 0.717) is 13.0 Å². The summed E-state index contributed by atoms with van der Waals surface area (Å²) in [5.41, 5.74) is 4.38. The molecule has 0 spiro atoms. The van der Waals surface area contributed by atoms with Gasteiger partial charge in [-0.2, -0.15) is 0 Å². The van der Waals surface area contributed by atoms with E-state index in [2.05, 4.69) is 29.6 Å². The lowest BCUT2D eigenvalue weighted by Crippen LogP contribution is -2.27. The van der Waals surface area contributed by atoms with Gasteiger partial charge in [-0.1, -0.05) is 66.7 Å². The molecule has 0 amide bonds. The van der Waals surface area contributed by atoms with Crippen molar-refractivity contribution >= 4 is 18.4 Å². The second-order valence-corrected chi connectivity index (χ2v) is 7.90. The Bertz CT molecular complexity index is 987. The van der Waals surface area contributed by atoms with E-state index in [4.69, 9.17) is 4.74 Å². The maximum Gasteiger partial charge on any atom is 0.307 e. The second-order valence-electron chi connectivity index (χ2n) is 7.90. The van der Waals surface area contributed by atoms with Gasteiger partial charge in [0.25, 0.3) is 0 Å². The highest BCUT2D eigenvalue weighted by Gasteiger charge is 2.30. The van der Waals surface area contributed by atoms with Gasteiger partial charge in [-0.05, 0) is 66.2 Å². The topological polar surface area (TPSA) is 58.6 Å². The number of aliphatic carboxylic acids is 1. The van der Waals surface area contributed by atoms with Crippen LogP contribution in [0.3, 0.4) is 0 Å². The lowest BCUT2D eigenvalue weighted by atomic mass is 9.86. The first-order valence-corrected chi connectivity index (χ1v) is 10.5. The minimum absolute atomic E-state index is 0. The highest BCUT2D eigenvalue weighted by molar-refractivity contribution is 5.85. The summed E-state index contributed by atoms with van der Waals surface area (Å²) in [7, 11) is 0. The van der Waals surface area contributed by atoms with E-state index >= 15 is 0 Å². The van der Waals surface area contributed by atoms with Gasteiger partial charge in [0, 0.05) is 0 Å². The minimum atomic E-state index is -0.705. The van der Waals surface area contributed by atoms with Crippen molar-refractivity contribution in [3.05, 3.63) is 90.0 Å². The van der Waals surface area contributed by atoms with Gasteiger partial charge in [0.05, 0.1) is 5.92 Å². The minimum Gasteiger partial charge on any atom is -0.489 e. The van der Waals surface area contributed by atoms with Gasteiger partial charge in [-0.25, -0.2) is 0 Å². The number of hydrogen-bond acceptors (Lipinski definition) is 3. The number of ether oxygens (including phenoxy) is 1. The van der Waals surface area contributed by atoms with Crippen molar-refractivity contribution in [3.63, 3.8) is 0 Å². The number of halogens is 1. The van der Waals surface area contributed by atoms with E-state index in [0.717, 1.165) is 47.5 Å². The Labute approximate surface area is 189 Å². The van der Waals surface area contributed by atoms with Gasteiger partial charge in [-0.3, -0.25) is 4.79 Å². The number of rotatable bonds is 8. The van der Waals surface area contributed by atoms with Gasteiger partial charge >= 0.3 is 5.97 Å². The average molecular weight is 438 g/mol. The smallest absolute Gasteiger partial charge is 0.307 e. The van der Waals surface area contributed by atoms with Crippen LogP contribution in [0.5, 0.6) is 5.75 Å². The third kappa shape index (κ3) is 6.09. The molecule has 1 aliphatic heterocycles. The van der Waals surface area contributed by atoms with Gasteiger partial charge in [-0.15, -0.1) is 12.4 Å². The Kier molecular flexibility index (Phi) is 8.10. The molecule has 3 aromatic rings. The number of carboxylic acid groups (broad SMARTS) is 1. The molecule has 2 atom stereocenters. The van der Waals surface area contributed by atoms with Crippen LogP contribution in [0.15, 0.2) is 78.9 Å². The molecule has 5 heteroatoms. The first-order chi connectivity index (χ1) is 14.7. The monoisotopic (exact) mass is 437 g/mol. The molecule has 162 valence electrons. The Morgan fingerprint density at radius 3 is 2.45 bits per heavy atom. The predicted molar refractivity (Wildman–Crippen MR) is 126 cm³/mol. The lowest BCUT2D eigenvalue weighted by molar-refractivity contribution is -0.143. The number of benzene rings is 3. The van der Waals surface area contributed by atoms with E-state index in [1.165, 1.54) is 0 Å². The van der Waals surface area contributed by atoms with Crippen molar-refractivity contribution in [2.24, 2.45) is 11.8 Å². The molecule has 0 unspecified atom stereocenters. The van der Waals surface area contributed by atoms with Gasteiger partial charge < -0.3 is 15.2 Å². The molecular formula is C26H28ClNO3. The molecule has 1 aliphatic rings. The molecule has 0 radical (unpaired) electrons. The molecule has 3 aromatic carbocycles. The fourth-order valence-electron chi connectivity index (χ4n) is 4.14. The van der Waals surface area contributed by atoms with Crippen LogP contribution in [0, 0.1) is 11.8 Å². The van der Waals surface area contributed by atoms with Gasteiger partial charge in [0.15, 0.2) is 0 Å². The second kappa shape index (κ2) is 11.0. The van der Waals surface area contributed by atoms with Crippen molar-refractivity contribution in [1.82, 2.24) is 5.32 Å². The molecule has 0 bridgehead atoms. The Morgan fingerprint density at radius 2 is 1.71 bits per heavy atom. The third-order valence-electron chi connectivity index (χ3n) is 5.78. The molecule has 1 fully saturated rings. The van der Waals surface area contributed by atoms with Crippen LogP contribution < -0.4 is 10.1 Å². The first kappa shape index (κ1) is 22.9. The van der Waals surface area contributed by atoms with Crippen molar-refractivity contribution in [2.45, 2.75) is 19.4 Å². The zero-order chi connectivity index (χ0) is 20.8. The molecule has 2 N–H and O–H groups in total. The van der Waals surface area contributed by atoms with Gasteiger partial charge in [0.2, 0.25) is 0 Å². The van der Waals surface area contributed by atoms with Crippen LogP contribution in [-0.2, 0) is 17.8 Å². The zero-order valence-electron chi connectivity index (χ0n) is 17.4. The van der Waals surface area contributed by atoms with Crippen molar-refractivity contribution in [3.8, 4) is 16.9 Å². The average Bonchev–Trinajstić information content (AvgIpc) is 3.31. The van der Waals surface area contributed by atoms with Crippen molar-refractivity contribution < 1.29 is 14.6 Å². The van der Waals surface area contributed by atoms with Crippen molar-refractivity contribution in [1.29, 1.82) is 0 Å². The van der Waals surface area contributed by atoms with Crippen LogP contribution in [0.25, 0.3) is 11.1 Å². The van der Waals surface area contributed by atoms with E-state index in [9.17, 15) is 9.90 Å². The molecule has 1 saturated heterocycles. The number of hydrogen-bond donors (Lipinski definition) is 2. The largest absolute Gasteiger partial charge is 0.489 e. The first-order valence-electron chi connectivity index (χ1n) is 10.5. The fraction of sp³-hybridized carbons (Fsp3) is 0.269.